The zero-order valence-electron chi connectivity index (χ0n) is 11.4. The van der Waals surface area contributed by atoms with Crippen molar-refractivity contribution in [3.8, 4) is 6.07 Å². The summed E-state index contributed by atoms with van der Waals surface area (Å²) in [4.78, 5) is 27.0. The Hall–Kier alpha value is -2.46. The highest BCUT2D eigenvalue weighted by molar-refractivity contribution is 7.71. The molecule has 1 atom stereocenters. The highest BCUT2D eigenvalue weighted by atomic mass is 32.1. The Morgan fingerprint density at radius 3 is 2.95 bits per heavy atom. The minimum absolute atomic E-state index is 0.0851. The summed E-state index contributed by atoms with van der Waals surface area (Å²) in [5.74, 6) is -0.293. The lowest BCUT2D eigenvalue weighted by atomic mass is 10.2. The Kier molecular flexibility index (Phi) is 4.50. The van der Waals surface area contributed by atoms with Gasteiger partial charge in [0.1, 0.15) is 6.04 Å². The van der Waals surface area contributed by atoms with Crippen molar-refractivity contribution >= 4 is 29.0 Å². The molecular weight excluding hydrogens is 288 g/mol. The molecular formula is C14H14N4O2S. The van der Waals surface area contributed by atoms with E-state index in [0.29, 0.717) is 10.9 Å². The summed E-state index contributed by atoms with van der Waals surface area (Å²) in [6, 6.07) is 8.42. The van der Waals surface area contributed by atoms with Crippen LogP contribution >= 0.6 is 12.2 Å². The van der Waals surface area contributed by atoms with Crippen LogP contribution in [0.1, 0.15) is 13.3 Å². The molecule has 0 aliphatic rings. The van der Waals surface area contributed by atoms with Gasteiger partial charge in [0, 0.05) is 13.0 Å². The van der Waals surface area contributed by atoms with Gasteiger partial charge in [0.15, 0.2) is 4.77 Å². The average Bonchev–Trinajstić information content (AvgIpc) is 2.46. The van der Waals surface area contributed by atoms with Crippen molar-refractivity contribution in [3.05, 3.63) is 39.4 Å². The molecule has 0 saturated carbocycles. The molecule has 0 radical (unpaired) electrons. The van der Waals surface area contributed by atoms with Crippen molar-refractivity contribution in [2.75, 3.05) is 0 Å². The van der Waals surface area contributed by atoms with E-state index in [1.54, 1.807) is 25.1 Å². The monoisotopic (exact) mass is 302 g/mol. The number of aromatic amines is 1. The smallest absolute Gasteiger partial charge is 0.262 e. The van der Waals surface area contributed by atoms with E-state index >= 15 is 0 Å². The van der Waals surface area contributed by atoms with Crippen LogP contribution in [0.2, 0.25) is 0 Å². The SMILES string of the molecule is C[C@@H](C#N)NC(=O)CCn1c(=S)[nH]c2ccccc2c1=O. The number of H-pyrrole nitrogens is 1. The fourth-order valence-electron chi connectivity index (χ4n) is 1.96. The standard InChI is InChI=1S/C14H14N4O2S/c1-9(8-15)16-12(19)6-7-18-13(20)10-4-2-3-5-11(10)17-14(18)21/h2-5,9H,6-7H2,1H3,(H,16,19)(H,17,21)/t9-/m0/s1. The van der Waals surface area contributed by atoms with Crippen molar-refractivity contribution in [2.24, 2.45) is 0 Å². The summed E-state index contributed by atoms with van der Waals surface area (Å²) in [5, 5.41) is 11.7. The topological polar surface area (TPSA) is 90.7 Å². The van der Waals surface area contributed by atoms with Crippen molar-refractivity contribution in [3.63, 3.8) is 0 Å². The molecule has 0 unspecified atom stereocenters. The second-order valence-electron chi connectivity index (χ2n) is 4.60. The van der Waals surface area contributed by atoms with Gasteiger partial charge in [-0.1, -0.05) is 12.1 Å². The predicted molar refractivity (Wildman–Crippen MR) is 81.2 cm³/mol. The lowest BCUT2D eigenvalue weighted by molar-refractivity contribution is -0.121. The molecule has 6 nitrogen and oxygen atoms in total. The van der Waals surface area contributed by atoms with Crippen LogP contribution in [-0.4, -0.2) is 21.5 Å². The molecule has 21 heavy (non-hydrogen) atoms. The summed E-state index contributed by atoms with van der Waals surface area (Å²) in [5.41, 5.74) is 0.446. The number of aromatic nitrogens is 2. The molecule has 2 rings (SSSR count). The van der Waals surface area contributed by atoms with Crippen molar-refractivity contribution < 1.29 is 4.79 Å². The fourth-order valence-corrected chi connectivity index (χ4v) is 2.25. The van der Waals surface area contributed by atoms with E-state index < -0.39 is 6.04 Å². The van der Waals surface area contributed by atoms with Crippen LogP contribution in [-0.2, 0) is 11.3 Å². The molecule has 0 bridgehead atoms. The first-order valence-electron chi connectivity index (χ1n) is 6.44. The minimum Gasteiger partial charge on any atom is -0.341 e. The largest absolute Gasteiger partial charge is 0.341 e. The summed E-state index contributed by atoms with van der Waals surface area (Å²) in [7, 11) is 0. The predicted octanol–water partition coefficient (Wildman–Crippen LogP) is 1.48. The maximum absolute atomic E-state index is 12.3. The van der Waals surface area contributed by atoms with Gasteiger partial charge < -0.3 is 10.3 Å². The number of benzene rings is 1. The van der Waals surface area contributed by atoms with Gasteiger partial charge in [-0.2, -0.15) is 5.26 Å². The molecule has 1 aromatic carbocycles. The van der Waals surface area contributed by atoms with Crippen LogP contribution in [0.3, 0.4) is 0 Å². The Morgan fingerprint density at radius 1 is 1.52 bits per heavy atom. The molecule has 7 heteroatoms. The number of carbonyl (C=O) groups is 1. The molecule has 2 N–H and O–H groups in total. The number of nitrogens with one attached hydrogen (secondary N) is 2. The Balaban J connectivity index is 2.24. The maximum atomic E-state index is 12.3. The molecule has 0 aliphatic carbocycles. The average molecular weight is 302 g/mol. The van der Waals surface area contributed by atoms with Gasteiger partial charge in [0.2, 0.25) is 5.91 Å². The van der Waals surface area contributed by atoms with Gasteiger partial charge in [-0.05, 0) is 31.3 Å². The van der Waals surface area contributed by atoms with Crippen molar-refractivity contribution in [2.45, 2.75) is 25.9 Å². The molecule has 1 heterocycles. The van der Waals surface area contributed by atoms with Gasteiger partial charge in [0.05, 0.1) is 17.0 Å². The van der Waals surface area contributed by atoms with Gasteiger partial charge in [-0.15, -0.1) is 0 Å². The summed E-state index contributed by atoms with van der Waals surface area (Å²) in [6.45, 7) is 1.76. The molecule has 2 aromatic rings. The summed E-state index contributed by atoms with van der Waals surface area (Å²) >= 11 is 5.15. The van der Waals surface area contributed by atoms with Gasteiger partial charge >= 0.3 is 0 Å². The second kappa shape index (κ2) is 6.33. The molecule has 1 aromatic heterocycles. The number of carbonyl (C=O) groups excluding carboxylic acids is 1. The van der Waals surface area contributed by atoms with Crippen LogP contribution in [0.4, 0.5) is 0 Å². The maximum Gasteiger partial charge on any atom is 0.262 e. The number of amides is 1. The van der Waals surface area contributed by atoms with E-state index in [1.165, 1.54) is 4.57 Å². The van der Waals surface area contributed by atoms with Crippen LogP contribution in [0.25, 0.3) is 10.9 Å². The first-order chi connectivity index (χ1) is 10.0. The number of rotatable bonds is 4. The lowest BCUT2D eigenvalue weighted by Gasteiger charge is -2.09. The summed E-state index contributed by atoms with van der Waals surface area (Å²) < 4.78 is 1.63. The quantitative estimate of drug-likeness (QED) is 0.837. The third-order valence-electron chi connectivity index (χ3n) is 3.02. The number of nitrogens with zero attached hydrogens (tertiary/aromatic N) is 2. The van der Waals surface area contributed by atoms with Gasteiger partial charge in [0.25, 0.3) is 5.56 Å². The fraction of sp³-hybridized carbons (Fsp3) is 0.286. The van der Waals surface area contributed by atoms with E-state index in [2.05, 4.69) is 10.3 Å². The van der Waals surface area contributed by atoms with E-state index in [1.807, 2.05) is 12.1 Å². The Morgan fingerprint density at radius 2 is 2.24 bits per heavy atom. The minimum atomic E-state index is -0.555. The zero-order chi connectivity index (χ0) is 15.4. The van der Waals surface area contributed by atoms with E-state index in [9.17, 15) is 9.59 Å². The highest BCUT2D eigenvalue weighted by Crippen LogP contribution is 2.06. The molecule has 0 fully saturated rings. The van der Waals surface area contributed by atoms with Crippen molar-refractivity contribution in [1.82, 2.24) is 14.9 Å². The van der Waals surface area contributed by atoms with E-state index in [0.717, 1.165) is 0 Å². The van der Waals surface area contributed by atoms with E-state index in [-0.39, 0.29) is 29.2 Å². The Labute approximate surface area is 126 Å². The Bertz CT molecular complexity index is 831. The van der Waals surface area contributed by atoms with Crippen LogP contribution in [0.5, 0.6) is 0 Å². The van der Waals surface area contributed by atoms with E-state index in [4.69, 9.17) is 17.5 Å². The number of hydrogen-bond acceptors (Lipinski definition) is 4. The number of para-hydroxylation sites is 1. The van der Waals surface area contributed by atoms with Crippen LogP contribution < -0.4 is 10.9 Å². The number of hydrogen-bond donors (Lipinski definition) is 2. The second-order valence-corrected chi connectivity index (χ2v) is 4.99. The molecule has 0 saturated heterocycles. The third kappa shape index (κ3) is 3.35. The van der Waals surface area contributed by atoms with Crippen LogP contribution in [0, 0.1) is 16.1 Å². The molecule has 0 aliphatic heterocycles. The normalized spacial score (nSPS) is 11.8. The lowest BCUT2D eigenvalue weighted by Crippen LogP contribution is -2.33. The number of fused-ring (bicyclic) bond motifs is 1. The first kappa shape index (κ1) is 14.9. The summed E-state index contributed by atoms with van der Waals surface area (Å²) in [6.07, 6.45) is 0.0851. The van der Waals surface area contributed by atoms with Gasteiger partial charge in [-0.3, -0.25) is 14.2 Å². The highest BCUT2D eigenvalue weighted by Gasteiger charge is 2.09. The van der Waals surface area contributed by atoms with Crippen molar-refractivity contribution in [1.29, 1.82) is 5.26 Å². The molecule has 0 spiro atoms. The molecule has 1 amide bonds. The molecule has 108 valence electrons. The van der Waals surface area contributed by atoms with Gasteiger partial charge in [-0.25, -0.2) is 0 Å². The third-order valence-corrected chi connectivity index (χ3v) is 3.35. The first-order valence-corrected chi connectivity index (χ1v) is 6.84. The zero-order valence-corrected chi connectivity index (χ0v) is 12.2. The number of nitriles is 1. The van der Waals surface area contributed by atoms with Crippen LogP contribution in [0.15, 0.2) is 29.1 Å².